The second-order valence-electron chi connectivity index (χ2n) is 4.18. The Kier molecular flexibility index (Phi) is 4.25. The van der Waals surface area contributed by atoms with E-state index in [1.54, 1.807) is 25.1 Å². The van der Waals surface area contributed by atoms with Gasteiger partial charge in [-0.2, -0.15) is 5.10 Å². The van der Waals surface area contributed by atoms with Crippen molar-refractivity contribution in [3.05, 3.63) is 44.5 Å². The van der Waals surface area contributed by atoms with Crippen molar-refractivity contribution in [1.82, 2.24) is 10.2 Å². The molecule has 1 aromatic carbocycles. The maximum Gasteiger partial charge on any atom is 0.250 e. The first-order valence-corrected chi connectivity index (χ1v) is 6.88. The monoisotopic (exact) mass is 354 g/mol. The molecule has 0 aliphatic heterocycles. The molecule has 0 atom stereocenters. The van der Waals surface area contributed by atoms with Crippen LogP contribution >= 0.6 is 27.5 Å². The largest absolute Gasteiger partial charge is 0.435 e. The van der Waals surface area contributed by atoms with Gasteiger partial charge in [0, 0.05) is 4.47 Å². The fraction of sp³-hybridized carbons (Fsp3) is 0.154. The van der Waals surface area contributed by atoms with Crippen molar-refractivity contribution in [1.29, 1.82) is 5.41 Å². The number of nitrogen functional groups attached to an aromatic ring is 1. The summed E-state index contributed by atoms with van der Waals surface area (Å²) in [6.45, 7) is 3.61. The number of hydrogen-bond acceptors (Lipinski definition) is 4. The first-order chi connectivity index (χ1) is 9.40. The molecule has 0 bridgehead atoms. The summed E-state index contributed by atoms with van der Waals surface area (Å²) in [5, 5.41) is 16.0. The van der Waals surface area contributed by atoms with Gasteiger partial charge >= 0.3 is 0 Å². The van der Waals surface area contributed by atoms with E-state index in [2.05, 4.69) is 26.1 Å². The van der Waals surface area contributed by atoms with Crippen molar-refractivity contribution in [3.63, 3.8) is 0 Å². The summed E-state index contributed by atoms with van der Waals surface area (Å²) in [5.74, 6) is 0.461. The average Bonchev–Trinajstić information content (AvgIpc) is 2.38. The van der Waals surface area contributed by atoms with Gasteiger partial charge in [0.15, 0.2) is 0 Å². The van der Waals surface area contributed by atoms with E-state index in [0.717, 1.165) is 10.0 Å². The Morgan fingerprint density at radius 3 is 2.70 bits per heavy atom. The lowest BCUT2D eigenvalue weighted by atomic mass is 10.1. The predicted molar refractivity (Wildman–Crippen MR) is 81.7 cm³/mol. The lowest BCUT2D eigenvalue weighted by Crippen LogP contribution is -2.16. The molecule has 20 heavy (non-hydrogen) atoms. The van der Waals surface area contributed by atoms with Gasteiger partial charge in [-0.25, -0.2) is 0 Å². The van der Waals surface area contributed by atoms with Crippen LogP contribution in [-0.4, -0.2) is 16.0 Å². The summed E-state index contributed by atoms with van der Waals surface area (Å²) >= 11 is 9.41. The molecule has 2 aromatic rings. The molecule has 5 nitrogen and oxygen atoms in total. The Morgan fingerprint density at radius 1 is 1.35 bits per heavy atom. The molecular formula is C13H12BrClN4O. The molecule has 7 heteroatoms. The minimum Gasteiger partial charge on any atom is -0.435 e. The SMILES string of the molecule is Cc1nnc(Oc2cc(Br)ccc2Cl)c(C(=N)N)c1C. The first kappa shape index (κ1) is 14.7. The van der Waals surface area contributed by atoms with Crippen molar-refractivity contribution in [2.45, 2.75) is 13.8 Å². The lowest BCUT2D eigenvalue weighted by Gasteiger charge is -2.13. The van der Waals surface area contributed by atoms with Gasteiger partial charge in [0.2, 0.25) is 5.88 Å². The van der Waals surface area contributed by atoms with Crippen molar-refractivity contribution in [2.24, 2.45) is 5.73 Å². The third-order valence-electron chi connectivity index (χ3n) is 2.79. The van der Waals surface area contributed by atoms with Crippen LogP contribution in [0.1, 0.15) is 16.8 Å². The minimum absolute atomic E-state index is 0.124. The topological polar surface area (TPSA) is 84.9 Å². The summed E-state index contributed by atoms with van der Waals surface area (Å²) in [6, 6.07) is 5.21. The van der Waals surface area contributed by atoms with E-state index >= 15 is 0 Å². The fourth-order valence-electron chi connectivity index (χ4n) is 1.63. The van der Waals surface area contributed by atoms with Gasteiger partial charge in [-0.15, -0.1) is 5.10 Å². The van der Waals surface area contributed by atoms with E-state index in [1.165, 1.54) is 0 Å². The number of amidine groups is 1. The van der Waals surface area contributed by atoms with Crippen LogP contribution < -0.4 is 10.5 Å². The van der Waals surface area contributed by atoms with E-state index in [1.807, 2.05) is 6.92 Å². The molecule has 0 aliphatic carbocycles. The van der Waals surface area contributed by atoms with E-state index in [0.29, 0.717) is 22.0 Å². The molecule has 0 amide bonds. The summed E-state index contributed by atoms with van der Waals surface area (Å²) < 4.78 is 6.48. The molecule has 0 aliphatic rings. The number of nitrogens with zero attached hydrogens (tertiary/aromatic N) is 2. The second kappa shape index (κ2) is 5.76. The highest BCUT2D eigenvalue weighted by molar-refractivity contribution is 9.10. The predicted octanol–water partition coefficient (Wildman–Crippen LogP) is 3.59. The van der Waals surface area contributed by atoms with Crippen LogP contribution in [0, 0.1) is 19.3 Å². The molecule has 0 spiro atoms. The molecular weight excluding hydrogens is 344 g/mol. The Labute approximate surface area is 129 Å². The van der Waals surface area contributed by atoms with Gasteiger partial charge in [0.25, 0.3) is 0 Å². The number of halogens is 2. The van der Waals surface area contributed by atoms with Gasteiger partial charge in [0.1, 0.15) is 11.6 Å². The molecule has 0 fully saturated rings. The van der Waals surface area contributed by atoms with Crippen LogP contribution in [0.3, 0.4) is 0 Å². The fourth-order valence-corrected chi connectivity index (χ4v) is 2.13. The molecule has 0 radical (unpaired) electrons. The van der Waals surface area contributed by atoms with Gasteiger partial charge < -0.3 is 10.5 Å². The summed E-state index contributed by atoms with van der Waals surface area (Å²) in [7, 11) is 0. The van der Waals surface area contributed by atoms with Crippen LogP contribution in [0.15, 0.2) is 22.7 Å². The van der Waals surface area contributed by atoms with Crippen LogP contribution in [-0.2, 0) is 0 Å². The normalized spacial score (nSPS) is 10.4. The number of benzene rings is 1. The van der Waals surface area contributed by atoms with E-state index in [9.17, 15) is 0 Å². The Balaban J connectivity index is 2.51. The molecule has 0 unspecified atom stereocenters. The van der Waals surface area contributed by atoms with Gasteiger partial charge in [-0.05, 0) is 37.6 Å². The van der Waals surface area contributed by atoms with Crippen molar-refractivity contribution in [2.75, 3.05) is 0 Å². The molecule has 2 rings (SSSR count). The van der Waals surface area contributed by atoms with Gasteiger partial charge in [-0.3, -0.25) is 5.41 Å². The molecule has 104 valence electrons. The third kappa shape index (κ3) is 2.91. The van der Waals surface area contributed by atoms with Gasteiger partial charge in [-0.1, -0.05) is 27.5 Å². The van der Waals surface area contributed by atoms with Crippen LogP contribution in [0.5, 0.6) is 11.6 Å². The number of rotatable bonds is 3. The number of aromatic nitrogens is 2. The zero-order chi connectivity index (χ0) is 14.9. The number of ether oxygens (including phenoxy) is 1. The Bertz CT molecular complexity index is 690. The van der Waals surface area contributed by atoms with E-state index < -0.39 is 0 Å². The molecule has 3 N–H and O–H groups in total. The third-order valence-corrected chi connectivity index (χ3v) is 3.60. The van der Waals surface area contributed by atoms with Crippen molar-refractivity contribution >= 4 is 33.4 Å². The maximum absolute atomic E-state index is 7.66. The zero-order valence-electron chi connectivity index (χ0n) is 10.9. The van der Waals surface area contributed by atoms with Crippen LogP contribution in [0.25, 0.3) is 0 Å². The Morgan fingerprint density at radius 2 is 2.05 bits per heavy atom. The first-order valence-electron chi connectivity index (χ1n) is 5.71. The molecule has 0 saturated heterocycles. The van der Waals surface area contributed by atoms with Crippen molar-refractivity contribution in [3.8, 4) is 11.6 Å². The molecule has 1 heterocycles. The molecule has 1 aromatic heterocycles. The highest BCUT2D eigenvalue weighted by atomic mass is 79.9. The summed E-state index contributed by atoms with van der Waals surface area (Å²) in [4.78, 5) is 0. The minimum atomic E-state index is -0.124. The number of aryl methyl sites for hydroxylation is 1. The van der Waals surface area contributed by atoms with Crippen LogP contribution in [0.4, 0.5) is 0 Å². The maximum atomic E-state index is 7.66. The summed E-state index contributed by atoms with van der Waals surface area (Å²) in [6.07, 6.45) is 0. The zero-order valence-corrected chi connectivity index (χ0v) is 13.2. The van der Waals surface area contributed by atoms with E-state index in [4.69, 9.17) is 27.5 Å². The quantitative estimate of drug-likeness (QED) is 0.651. The smallest absolute Gasteiger partial charge is 0.250 e. The highest BCUT2D eigenvalue weighted by Gasteiger charge is 2.17. The second-order valence-corrected chi connectivity index (χ2v) is 5.50. The standard InChI is InChI=1S/C13H12BrClN4O/c1-6-7(2)18-19-13(11(6)12(16)17)20-10-5-8(14)3-4-9(10)15/h3-5H,1-2H3,(H3,16,17). The number of nitrogens with two attached hydrogens (primary N) is 1. The average molecular weight is 356 g/mol. The summed E-state index contributed by atoms with van der Waals surface area (Å²) in [5.41, 5.74) is 7.48. The lowest BCUT2D eigenvalue weighted by molar-refractivity contribution is 0.452. The van der Waals surface area contributed by atoms with E-state index in [-0.39, 0.29) is 11.7 Å². The Hall–Kier alpha value is -1.66. The number of hydrogen-bond donors (Lipinski definition) is 2. The number of nitrogens with one attached hydrogen (secondary N) is 1. The van der Waals surface area contributed by atoms with Crippen molar-refractivity contribution < 1.29 is 4.74 Å². The molecule has 0 saturated carbocycles. The van der Waals surface area contributed by atoms with Crippen LogP contribution in [0.2, 0.25) is 5.02 Å². The van der Waals surface area contributed by atoms with Gasteiger partial charge in [0.05, 0.1) is 16.3 Å². The highest BCUT2D eigenvalue weighted by Crippen LogP contribution is 2.33.